The molecule has 0 N–H and O–H groups in total. The summed E-state index contributed by atoms with van der Waals surface area (Å²) < 4.78 is 0. The van der Waals surface area contributed by atoms with E-state index in [4.69, 9.17) is 0 Å². The average molecular weight is 914 g/mol. The SMILES string of the molecule is [Ar].[Ar].[Ar].[Ar].[Kr].[Kr].[Kr].[Kr].[Kr].[Kr].[Kr].[Kr].[Kr]. The van der Waals surface area contributed by atoms with Gasteiger partial charge in [0.25, 0.3) is 0 Å². The van der Waals surface area contributed by atoms with E-state index in [0.717, 1.165) is 0 Å². The molecule has 13 heavy (non-hydrogen) atoms. The maximum Gasteiger partial charge on any atom is 0 e. The minimum atomic E-state index is 0. The predicted octanol–water partition coefficient (Wildman–Crippen LogP) is 0. The summed E-state index contributed by atoms with van der Waals surface area (Å²) in [5.74, 6) is 0. The van der Waals surface area contributed by atoms with E-state index < -0.39 is 0 Å². The van der Waals surface area contributed by atoms with Crippen molar-refractivity contribution in [3.05, 3.63) is 0 Å². The summed E-state index contributed by atoms with van der Waals surface area (Å²) >= 11 is 0. The van der Waals surface area contributed by atoms with Crippen LogP contribution < -0.4 is 0 Å². The molecule has 0 heterocycles. The molecule has 13 heteroatoms. The van der Waals surface area contributed by atoms with Gasteiger partial charge >= 0.3 is 0 Å². The molecule has 0 aliphatic heterocycles. The molecule has 0 aliphatic carbocycles. The minimum Gasteiger partial charge on any atom is 0 e. The summed E-state index contributed by atoms with van der Waals surface area (Å²) in [5.41, 5.74) is 0. The van der Waals surface area contributed by atoms with Gasteiger partial charge in [-0.15, -0.1) is 0 Å². The van der Waals surface area contributed by atoms with Crippen molar-refractivity contribution in [2.75, 3.05) is 0 Å². The standard InChI is InChI=1S/4Ar.9Kr. The van der Waals surface area contributed by atoms with Crippen LogP contribution in [0.25, 0.3) is 0 Å². The van der Waals surface area contributed by atoms with E-state index in [1.807, 2.05) is 0 Å². The molecule has 0 unspecified atom stereocenters. The number of hydrogen-bond acceptors (Lipinski definition) is 0. The molecule has 0 fully saturated rings. The second-order valence-electron chi connectivity index (χ2n) is 0. The predicted molar refractivity (Wildman–Crippen MR) is 0 cm³/mol. The summed E-state index contributed by atoms with van der Waals surface area (Å²) in [5, 5.41) is 0. The normalized spacial score (nSPS) is 0. The topological polar surface area (TPSA) is 0 Å². The van der Waals surface area contributed by atoms with Crippen LogP contribution in [0.3, 0.4) is 0 Å². The Hall–Kier alpha value is 18.4. The largest absolute Gasteiger partial charge is 0 e. The van der Waals surface area contributed by atoms with Gasteiger partial charge in [-0.2, -0.15) is 0 Å². The van der Waals surface area contributed by atoms with E-state index in [1.54, 1.807) is 0 Å². The van der Waals surface area contributed by atoms with Crippen molar-refractivity contribution in [1.82, 2.24) is 0 Å². The van der Waals surface area contributed by atoms with Crippen LogP contribution in [-0.4, -0.2) is 0 Å². The van der Waals surface area contributed by atoms with Crippen molar-refractivity contribution < 1.29 is 560 Å². The first-order valence-electron chi connectivity index (χ1n) is 0. The fourth-order valence-corrected chi connectivity index (χ4v) is 0. The van der Waals surface area contributed by atoms with Crippen LogP contribution in [0.5, 0.6) is 0 Å². The van der Waals surface area contributed by atoms with E-state index in [2.05, 4.69) is 0 Å². The maximum absolute atomic E-state index is 0. The van der Waals surface area contributed by atoms with Gasteiger partial charge in [0, 0.05) is 560 Å². The van der Waals surface area contributed by atoms with E-state index in [9.17, 15) is 0 Å². The summed E-state index contributed by atoms with van der Waals surface area (Å²) in [7, 11) is 0. The third-order valence-corrected chi connectivity index (χ3v) is 0. The van der Waals surface area contributed by atoms with Gasteiger partial charge in [0.15, 0.2) is 0 Å². The molecule has 0 aromatic heterocycles. The Balaban J connectivity index is 0. The molecule has 0 rings (SSSR count). The van der Waals surface area contributed by atoms with Crippen LogP contribution in [0, 0.1) is 560 Å². The third-order valence-electron chi connectivity index (χ3n) is 0. The second kappa shape index (κ2) is 77.6. The van der Waals surface area contributed by atoms with Crippen LogP contribution in [0.1, 0.15) is 0 Å². The van der Waals surface area contributed by atoms with Gasteiger partial charge in [-0.05, 0) is 0 Å². The fourth-order valence-electron chi connectivity index (χ4n) is 0. The van der Waals surface area contributed by atoms with Crippen LogP contribution in [0.4, 0.5) is 0 Å². The van der Waals surface area contributed by atoms with Gasteiger partial charge in [-0.1, -0.05) is 0 Å². The third kappa shape index (κ3) is 72.4. The summed E-state index contributed by atoms with van der Waals surface area (Å²) in [4.78, 5) is 0. The van der Waals surface area contributed by atoms with Gasteiger partial charge < -0.3 is 0 Å². The molecular formula is Ar4Kr9. The second-order valence-corrected chi connectivity index (χ2v) is 0. The molecule has 0 saturated carbocycles. The van der Waals surface area contributed by atoms with Crippen LogP contribution in [0.15, 0.2) is 0 Å². The monoisotopic (exact) mass is 915 g/mol. The Labute approximate surface area is 536 Å². The minimum absolute atomic E-state index is 0. The van der Waals surface area contributed by atoms with Crippen LogP contribution in [-0.2, 0) is 0 Å². The number of rotatable bonds is 0. The zero-order chi connectivity index (χ0) is 0. The van der Waals surface area contributed by atoms with Crippen molar-refractivity contribution >= 4 is 0 Å². The first-order chi connectivity index (χ1) is 0. The Morgan fingerprint density at radius 1 is 0.154 bits per heavy atom. The molecule has 0 atom stereocenters. The van der Waals surface area contributed by atoms with E-state index in [-0.39, 0.29) is 560 Å². The quantitative estimate of drug-likeness (QED) is 0.322. The van der Waals surface area contributed by atoms with Crippen LogP contribution >= 0.6 is 0 Å². The first-order valence-corrected chi connectivity index (χ1v) is 0. The van der Waals surface area contributed by atoms with Crippen molar-refractivity contribution in [2.24, 2.45) is 0 Å². The van der Waals surface area contributed by atoms with Gasteiger partial charge in [0.05, 0.1) is 0 Å². The van der Waals surface area contributed by atoms with E-state index >= 15 is 0 Å². The molecule has 0 spiro atoms. The molecular weight excluding hydrogens is 914 g/mol. The van der Waals surface area contributed by atoms with E-state index in [1.165, 1.54) is 0 Å². The summed E-state index contributed by atoms with van der Waals surface area (Å²) in [6, 6.07) is 0. The van der Waals surface area contributed by atoms with Gasteiger partial charge in [0.1, 0.15) is 0 Å². The van der Waals surface area contributed by atoms with Crippen molar-refractivity contribution in [3.8, 4) is 0 Å². The Morgan fingerprint density at radius 2 is 0.154 bits per heavy atom. The van der Waals surface area contributed by atoms with Crippen LogP contribution in [0.2, 0.25) is 0 Å². The zero-order valence-corrected chi connectivity index (χ0v) is 20.8. The molecule has 0 nitrogen and oxygen atoms in total. The molecule has 0 saturated heterocycles. The molecule has 0 aromatic rings. The number of hydrogen-bond donors (Lipinski definition) is 0. The van der Waals surface area contributed by atoms with Gasteiger partial charge in [0.2, 0.25) is 0 Å². The van der Waals surface area contributed by atoms with Crippen molar-refractivity contribution in [1.29, 1.82) is 0 Å². The van der Waals surface area contributed by atoms with Crippen molar-refractivity contribution in [3.63, 3.8) is 0 Å². The molecule has 0 aromatic carbocycles. The summed E-state index contributed by atoms with van der Waals surface area (Å²) in [6.07, 6.45) is 0. The maximum atomic E-state index is 0. The van der Waals surface area contributed by atoms with Crippen molar-refractivity contribution in [2.45, 2.75) is 0 Å². The van der Waals surface area contributed by atoms with E-state index in [0.29, 0.717) is 0 Å². The fraction of sp³-hybridized carbons (Fsp3) is 0. The molecule has 0 radical (unpaired) electrons. The zero-order valence-electron chi connectivity index (χ0n) is 4.60. The molecule has 0 aliphatic rings. The molecule has 104 valence electrons. The first kappa shape index (κ1) is 85.7. The van der Waals surface area contributed by atoms with Gasteiger partial charge in [-0.25, -0.2) is 0 Å². The Bertz CT molecular complexity index is 11.6. The van der Waals surface area contributed by atoms with Gasteiger partial charge in [-0.3, -0.25) is 0 Å². The Kier molecular flexibility index (Phi) is 512. The average Bonchev–Trinajstić information content (AvgIpc) is 0. The molecule has 0 bridgehead atoms. The Morgan fingerprint density at radius 3 is 0.154 bits per heavy atom. The smallest absolute Gasteiger partial charge is 0 e. The summed E-state index contributed by atoms with van der Waals surface area (Å²) in [6.45, 7) is 0. The molecule has 0 amide bonds.